The maximum Gasteiger partial charge on any atom is 0.279 e. The average molecular weight is 519 g/mol. The lowest BCUT2D eigenvalue weighted by Gasteiger charge is -2.14. The Morgan fingerprint density at radius 3 is 2.18 bits per heavy atom. The van der Waals surface area contributed by atoms with Crippen molar-refractivity contribution in [2.45, 2.75) is 0 Å². The van der Waals surface area contributed by atoms with Crippen molar-refractivity contribution in [3.05, 3.63) is 76.7 Å². The predicted octanol–water partition coefficient (Wildman–Crippen LogP) is 2.79. The number of benzene rings is 3. The fraction of sp³-hybridized carbons (Fsp3) is 0.185. The summed E-state index contributed by atoms with van der Waals surface area (Å²) in [7, 11) is 5.96. The summed E-state index contributed by atoms with van der Waals surface area (Å²) >= 11 is 0. The molecule has 0 spiro atoms. The maximum atomic E-state index is 13.3. The molecule has 0 aliphatic heterocycles. The molecule has 4 rings (SSSR count). The van der Waals surface area contributed by atoms with E-state index in [1.807, 2.05) is 0 Å². The van der Waals surface area contributed by atoms with Crippen molar-refractivity contribution in [2.75, 3.05) is 40.3 Å². The van der Waals surface area contributed by atoms with E-state index in [4.69, 9.17) is 18.9 Å². The van der Waals surface area contributed by atoms with Gasteiger partial charge in [-0.2, -0.15) is 9.78 Å². The Labute approximate surface area is 217 Å². The van der Waals surface area contributed by atoms with E-state index in [0.717, 1.165) is 4.68 Å². The number of carbonyl (C=O) groups is 2. The highest BCUT2D eigenvalue weighted by atomic mass is 16.5. The molecule has 38 heavy (non-hydrogen) atoms. The molecule has 11 nitrogen and oxygen atoms in total. The van der Waals surface area contributed by atoms with Crippen molar-refractivity contribution in [2.24, 2.45) is 0 Å². The van der Waals surface area contributed by atoms with Crippen LogP contribution in [0.3, 0.4) is 0 Å². The molecule has 3 aromatic carbocycles. The molecule has 0 saturated carbocycles. The van der Waals surface area contributed by atoms with E-state index in [2.05, 4.69) is 15.7 Å². The number of ether oxygens (including phenoxy) is 4. The van der Waals surface area contributed by atoms with Crippen LogP contribution < -0.4 is 35.1 Å². The second-order valence-electron chi connectivity index (χ2n) is 7.95. The molecule has 4 aromatic rings. The average Bonchev–Trinajstić information content (AvgIpc) is 2.95. The molecule has 1 aromatic heterocycles. The zero-order chi connectivity index (χ0) is 27.2. The van der Waals surface area contributed by atoms with E-state index in [9.17, 15) is 14.4 Å². The van der Waals surface area contributed by atoms with Crippen molar-refractivity contribution in [1.29, 1.82) is 0 Å². The molecule has 0 aliphatic rings. The van der Waals surface area contributed by atoms with Gasteiger partial charge in [0.15, 0.2) is 17.2 Å². The minimum atomic E-state index is -0.636. The van der Waals surface area contributed by atoms with Gasteiger partial charge in [0.25, 0.3) is 11.5 Å². The van der Waals surface area contributed by atoms with Crippen LogP contribution in [0, 0.1) is 0 Å². The third-order valence-corrected chi connectivity index (χ3v) is 5.72. The van der Waals surface area contributed by atoms with Crippen molar-refractivity contribution in [1.82, 2.24) is 15.1 Å². The lowest BCUT2D eigenvalue weighted by molar-refractivity contribution is -0.115. The first kappa shape index (κ1) is 26.0. The van der Waals surface area contributed by atoms with Crippen LogP contribution >= 0.6 is 0 Å². The number of carbonyl (C=O) groups excluding carboxylic acids is 2. The summed E-state index contributed by atoms with van der Waals surface area (Å²) < 4.78 is 22.2. The van der Waals surface area contributed by atoms with Crippen molar-refractivity contribution >= 4 is 28.3 Å². The monoisotopic (exact) mass is 518 g/mol. The van der Waals surface area contributed by atoms with E-state index >= 15 is 0 Å². The highest BCUT2D eigenvalue weighted by molar-refractivity contribution is 6.06. The molecular formula is C27H26N4O7. The molecule has 1 heterocycles. The lowest BCUT2D eigenvalue weighted by atomic mass is 10.1. The van der Waals surface area contributed by atoms with Gasteiger partial charge in [-0.05, 0) is 30.3 Å². The highest BCUT2D eigenvalue weighted by Gasteiger charge is 2.19. The Bertz CT molecular complexity index is 1570. The van der Waals surface area contributed by atoms with Gasteiger partial charge >= 0.3 is 0 Å². The third kappa shape index (κ3) is 5.21. The summed E-state index contributed by atoms with van der Waals surface area (Å²) in [5.74, 6) is 0.688. The second kappa shape index (κ2) is 11.3. The Balaban J connectivity index is 1.63. The van der Waals surface area contributed by atoms with Gasteiger partial charge in [-0.25, -0.2) is 0 Å². The Hall–Kier alpha value is -5.06. The van der Waals surface area contributed by atoms with Crippen molar-refractivity contribution in [3.63, 3.8) is 0 Å². The van der Waals surface area contributed by atoms with E-state index in [1.165, 1.54) is 28.4 Å². The second-order valence-corrected chi connectivity index (χ2v) is 7.95. The van der Waals surface area contributed by atoms with E-state index in [0.29, 0.717) is 39.8 Å². The van der Waals surface area contributed by atoms with E-state index < -0.39 is 17.4 Å². The first-order valence-electron chi connectivity index (χ1n) is 11.4. The molecule has 0 unspecified atom stereocenters. The van der Waals surface area contributed by atoms with Gasteiger partial charge in [-0.15, -0.1) is 0 Å². The van der Waals surface area contributed by atoms with Gasteiger partial charge in [-0.1, -0.05) is 18.2 Å². The molecule has 0 atom stereocenters. The molecule has 0 fully saturated rings. The molecule has 196 valence electrons. The number of nitrogens with zero attached hydrogens (tertiary/aromatic N) is 2. The Morgan fingerprint density at radius 2 is 1.50 bits per heavy atom. The zero-order valence-corrected chi connectivity index (χ0v) is 21.2. The minimum absolute atomic E-state index is 0.0262. The third-order valence-electron chi connectivity index (χ3n) is 5.72. The van der Waals surface area contributed by atoms with Crippen LogP contribution in [0.4, 0.5) is 5.69 Å². The normalized spacial score (nSPS) is 10.5. The maximum absolute atomic E-state index is 13.3. The van der Waals surface area contributed by atoms with Gasteiger partial charge < -0.3 is 29.6 Å². The van der Waals surface area contributed by atoms with Gasteiger partial charge in [0.2, 0.25) is 5.91 Å². The van der Waals surface area contributed by atoms with Gasteiger partial charge in [-0.3, -0.25) is 14.4 Å². The van der Waals surface area contributed by atoms with Crippen molar-refractivity contribution in [3.8, 4) is 28.7 Å². The number of fused-ring (bicyclic) bond motifs is 1. The van der Waals surface area contributed by atoms with Crippen LogP contribution in [0.5, 0.6) is 23.0 Å². The number of amides is 2. The largest absolute Gasteiger partial charge is 0.497 e. The summed E-state index contributed by atoms with van der Waals surface area (Å²) in [5.41, 5.74) is 0.306. The number of anilines is 1. The first-order valence-corrected chi connectivity index (χ1v) is 11.4. The van der Waals surface area contributed by atoms with Crippen molar-refractivity contribution < 1.29 is 28.5 Å². The van der Waals surface area contributed by atoms with Crippen LogP contribution in [0.15, 0.2) is 65.5 Å². The smallest absolute Gasteiger partial charge is 0.279 e. The fourth-order valence-corrected chi connectivity index (χ4v) is 3.84. The van der Waals surface area contributed by atoms with Crippen LogP contribution in [-0.2, 0) is 4.79 Å². The highest BCUT2D eigenvalue weighted by Crippen LogP contribution is 2.30. The van der Waals surface area contributed by atoms with Crippen LogP contribution in [-0.4, -0.2) is 56.6 Å². The Kier molecular flexibility index (Phi) is 7.76. The lowest BCUT2D eigenvalue weighted by Crippen LogP contribution is -2.35. The number of aromatic nitrogens is 2. The molecule has 2 amide bonds. The summed E-state index contributed by atoms with van der Waals surface area (Å²) in [4.78, 5) is 39.1. The van der Waals surface area contributed by atoms with Gasteiger partial charge in [0.1, 0.15) is 11.5 Å². The molecule has 0 radical (unpaired) electrons. The number of hydrogen-bond donors (Lipinski definition) is 2. The number of rotatable bonds is 9. The predicted molar refractivity (Wildman–Crippen MR) is 141 cm³/mol. The summed E-state index contributed by atoms with van der Waals surface area (Å²) in [5, 5.41) is 10.2. The standard InChI is InChI=1S/C27H26N4O7/c1-35-17-10-12-21(36-2)20(14-17)29-24(32)15-28-26(33)25-18-7-5-6-8-19(18)27(34)31(30-25)16-9-11-22(37-3)23(13-16)38-4/h5-14H,15H2,1-4H3,(H,28,33)(H,29,32). The molecule has 0 saturated heterocycles. The molecule has 11 heteroatoms. The summed E-state index contributed by atoms with van der Waals surface area (Å²) in [6.45, 7) is -0.356. The van der Waals surface area contributed by atoms with E-state index in [-0.39, 0.29) is 17.6 Å². The number of nitrogens with one attached hydrogen (secondary N) is 2. The fourth-order valence-electron chi connectivity index (χ4n) is 3.84. The molecule has 2 N–H and O–H groups in total. The van der Waals surface area contributed by atoms with E-state index in [1.54, 1.807) is 60.7 Å². The number of methoxy groups -OCH3 is 4. The molecule has 0 aliphatic carbocycles. The van der Waals surface area contributed by atoms with Crippen LogP contribution in [0.1, 0.15) is 10.5 Å². The topological polar surface area (TPSA) is 130 Å². The SMILES string of the molecule is COc1ccc(OC)c(NC(=O)CNC(=O)c2nn(-c3ccc(OC)c(OC)c3)c(=O)c3ccccc23)c1. The molecule has 0 bridgehead atoms. The van der Waals surface area contributed by atoms with Gasteiger partial charge in [0, 0.05) is 17.5 Å². The summed E-state index contributed by atoms with van der Waals surface area (Å²) in [6, 6.07) is 16.4. The van der Waals surface area contributed by atoms with Crippen LogP contribution in [0.2, 0.25) is 0 Å². The zero-order valence-electron chi connectivity index (χ0n) is 21.2. The summed E-state index contributed by atoms with van der Waals surface area (Å²) in [6.07, 6.45) is 0. The first-order chi connectivity index (χ1) is 18.4. The quantitative estimate of drug-likeness (QED) is 0.346. The molecular weight excluding hydrogens is 492 g/mol. The Morgan fingerprint density at radius 1 is 0.816 bits per heavy atom. The van der Waals surface area contributed by atoms with Crippen LogP contribution in [0.25, 0.3) is 16.5 Å². The minimum Gasteiger partial charge on any atom is -0.497 e. The number of hydrogen-bond acceptors (Lipinski definition) is 8. The van der Waals surface area contributed by atoms with Gasteiger partial charge in [0.05, 0.1) is 51.7 Å².